The highest BCUT2D eigenvalue weighted by molar-refractivity contribution is 5.97. The van der Waals surface area contributed by atoms with Crippen molar-refractivity contribution < 1.29 is 14.3 Å². The second-order valence-electron chi connectivity index (χ2n) is 7.77. The van der Waals surface area contributed by atoms with Crippen LogP contribution in [0.2, 0.25) is 0 Å². The maximum absolute atomic E-state index is 13.2. The molecule has 2 amide bonds. The largest absolute Gasteiger partial charge is 0.497 e. The number of carbonyl (C=O) groups is 2. The van der Waals surface area contributed by atoms with Gasteiger partial charge < -0.3 is 19.1 Å². The van der Waals surface area contributed by atoms with E-state index in [-0.39, 0.29) is 11.8 Å². The minimum absolute atomic E-state index is 0.0174. The summed E-state index contributed by atoms with van der Waals surface area (Å²) in [5, 5.41) is 0. The summed E-state index contributed by atoms with van der Waals surface area (Å²) >= 11 is 0. The molecule has 31 heavy (non-hydrogen) atoms. The Bertz CT molecular complexity index is 1100. The van der Waals surface area contributed by atoms with Gasteiger partial charge in [-0.25, -0.2) is 0 Å². The van der Waals surface area contributed by atoms with Gasteiger partial charge in [-0.3, -0.25) is 9.59 Å². The third kappa shape index (κ3) is 4.06. The highest BCUT2D eigenvalue weighted by atomic mass is 16.5. The van der Waals surface area contributed by atoms with Crippen molar-refractivity contribution in [1.29, 1.82) is 0 Å². The Kier molecular flexibility index (Phi) is 5.80. The number of methoxy groups -OCH3 is 1. The van der Waals surface area contributed by atoms with Crippen molar-refractivity contribution in [3.05, 3.63) is 83.2 Å². The van der Waals surface area contributed by atoms with Gasteiger partial charge in [-0.15, -0.1) is 0 Å². The van der Waals surface area contributed by atoms with Crippen molar-refractivity contribution in [2.45, 2.75) is 13.8 Å². The van der Waals surface area contributed by atoms with Crippen molar-refractivity contribution in [3.8, 4) is 11.4 Å². The fourth-order valence-electron chi connectivity index (χ4n) is 4.18. The van der Waals surface area contributed by atoms with E-state index >= 15 is 0 Å². The Balaban J connectivity index is 1.46. The zero-order valence-corrected chi connectivity index (χ0v) is 18.2. The normalized spacial score (nSPS) is 13.9. The van der Waals surface area contributed by atoms with Gasteiger partial charge in [-0.1, -0.05) is 24.3 Å². The second-order valence-corrected chi connectivity index (χ2v) is 7.77. The quantitative estimate of drug-likeness (QED) is 0.650. The molecule has 4 rings (SSSR count). The van der Waals surface area contributed by atoms with E-state index in [9.17, 15) is 9.59 Å². The smallest absolute Gasteiger partial charge is 0.255 e. The van der Waals surface area contributed by atoms with Crippen molar-refractivity contribution >= 4 is 11.8 Å². The summed E-state index contributed by atoms with van der Waals surface area (Å²) in [5.74, 6) is 0.644. The zero-order chi connectivity index (χ0) is 22.0. The monoisotopic (exact) mass is 417 g/mol. The molecule has 0 aliphatic carbocycles. The van der Waals surface area contributed by atoms with E-state index < -0.39 is 0 Å². The first-order chi connectivity index (χ1) is 15.0. The third-order valence-corrected chi connectivity index (χ3v) is 5.85. The molecule has 6 heteroatoms. The summed E-state index contributed by atoms with van der Waals surface area (Å²) in [4.78, 5) is 29.7. The van der Waals surface area contributed by atoms with Gasteiger partial charge in [0, 0.05) is 48.8 Å². The molecule has 1 saturated heterocycles. The van der Waals surface area contributed by atoms with Crippen LogP contribution in [-0.2, 0) is 0 Å². The van der Waals surface area contributed by atoms with Crippen molar-refractivity contribution in [1.82, 2.24) is 14.4 Å². The van der Waals surface area contributed by atoms with Gasteiger partial charge in [-0.2, -0.15) is 0 Å². The molecule has 0 bridgehead atoms. The number of rotatable bonds is 4. The predicted octanol–water partition coefficient (Wildman–Crippen LogP) is 3.70. The lowest BCUT2D eigenvalue weighted by atomic mass is 10.1. The van der Waals surface area contributed by atoms with Crippen LogP contribution in [-0.4, -0.2) is 59.5 Å². The Labute approximate surface area is 182 Å². The molecule has 1 aliphatic heterocycles. The summed E-state index contributed by atoms with van der Waals surface area (Å²) in [6.07, 6.45) is 0. The number of para-hydroxylation sites is 1. The number of hydrogen-bond acceptors (Lipinski definition) is 3. The molecular weight excluding hydrogens is 390 g/mol. The van der Waals surface area contributed by atoms with E-state index in [4.69, 9.17) is 4.74 Å². The van der Waals surface area contributed by atoms with Crippen molar-refractivity contribution in [2.24, 2.45) is 0 Å². The topological polar surface area (TPSA) is 54.8 Å². The Hall–Kier alpha value is -3.54. The molecule has 0 saturated carbocycles. The van der Waals surface area contributed by atoms with E-state index in [0.29, 0.717) is 43.1 Å². The molecule has 1 aromatic heterocycles. The van der Waals surface area contributed by atoms with Crippen LogP contribution in [0.5, 0.6) is 5.75 Å². The molecule has 0 atom stereocenters. The van der Waals surface area contributed by atoms with E-state index in [1.54, 1.807) is 24.1 Å². The first-order valence-corrected chi connectivity index (χ1v) is 10.5. The molecule has 0 unspecified atom stereocenters. The summed E-state index contributed by atoms with van der Waals surface area (Å²) in [7, 11) is 1.59. The molecule has 1 fully saturated rings. The lowest BCUT2D eigenvalue weighted by Gasteiger charge is -2.35. The van der Waals surface area contributed by atoms with Gasteiger partial charge in [0.15, 0.2) is 0 Å². The first-order valence-electron chi connectivity index (χ1n) is 10.5. The van der Waals surface area contributed by atoms with Gasteiger partial charge in [0.05, 0.1) is 12.7 Å². The lowest BCUT2D eigenvalue weighted by Crippen LogP contribution is -2.50. The predicted molar refractivity (Wildman–Crippen MR) is 120 cm³/mol. The summed E-state index contributed by atoms with van der Waals surface area (Å²) in [6.45, 7) is 6.06. The van der Waals surface area contributed by atoms with E-state index in [0.717, 1.165) is 17.1 Å². The van der Waals surface area contributed by atoms with Gasteiger partial charge in [-0.05, 0) is 50.2 Å². The van der Waals surface area contributed by atoms with Gasteiger partial charge >= 0.3 is 0 Å². The van der Waals surface area contributed by atoms with Crippen LogP contribution in [0, 0.1) is 13.8 Å². The minimum atomic E-state index is -0.0340. The number of ether oxygens (including phenoxy) is 1. The maximum atomic E-state index is 13.2. The maximum Gasteiger partial charge on any atom is 0.255 e. The van der Waals surface area contributed by atoms with E-state index in [2.05, 4.69) is 4.57 Å². The number of aryl methyl sites for hydroxylation is 1. The van der Waals surface area contributed by atoms with E-state index in [1.807, 2.05) is 67.3 Å². The van der Waals surface area contributed by atoms with Crippen LogP contribution >= 0.6 is 0 Å². The van der Waals surface area contributed by atoms with Gasteiger partial charge in [0.25, 0.3) is 11.8 Å². The zero-order valence-electron chi connectivity index (χ0n) is 18.2. The number of aromatic nitrogens is 1. The number of piperazine rings is 1. The number of nitrogens with zero attached hydrogens (tertiary/aromatic N) is 3. The average Bonchev–Trinajstić information content (AvgIpc) is 3.12. The van der Waals surface area contributed by atoms with Crippen LogP contribution < -0.4 is 4.74 Å². The molecular formula is C25H27N3O3. The number of hydrogen-bond donors (Lipinski definition) is 0. The van der Waals surface area contributed by atoms with Crippen LogP contribution in [0.25, 0.3) is 5.69 Å². The fourth-order valence-corrected chi connectivity index (χ4v) is 4.18. The first kappa shape index (κ1) is 20.7. The summed E-state index contributed by atoms with van der Waals surface area (Å²) in [6, 6.07) is 19.2. The SMILES string of the molecule is COc1cccc(C(=O)N2CCN(C(=O)c3cc(C)n(-c4ccccc4)c3C)CC2)c1. The van der Waals surface area contributed by atoms with Crippen LogP contribution in [0.15, 0.2) is 60.7 Å². The number of benzene rings is 2. The molecule has 160 valence electrons. The lowest BCUT2D eigenvalue weighted by molar-refractivity contribution is 0.0535. The summed E-state index contributed by atoms with van der Waals surface area (Å²) < 4.78 is 7.33. The van der Waals surface area contributed by atoms with Crippen molar-refractivity contribution in [3.63, 3.8) is 0 Å². The number of carbonyl (C=O) groups excluding carboxylic acids is 2. The molecule has 6 nitrogen and oxygen atoms in total. The van der Waals surface area contributed by atoms with E-state index in [1.165, 1.54) is 0 Å². The summed E-state index contributed by atoms with van der Waals surface area (Å²) in [5.41, 5.74) is 4.33. The fraction of sp³-hybridized carbons (Fsp3) is 0.280. The van der Waals surface area contributed by atoms with Gasteiger partial charge in [0.2, 0.25) is 0 Å². The molecule has 0 radical (unpaired) electrons. The average molecular weight is 418 g/mol. The van der Waals surface area contributed by atoms with Crippen LogP contribution in [0.4, 0.5) is 0 Å². The van der Waals surface area contributed by atoms with Crippen LogP contribution in [0.1, 0.15) is 32.1 Å². The Morgan fingerprint density at radius 1 is 0.806 bits per heavy atom. The van der Waals surface area contributed by atoms with Crippen molar-refractivity contribution in [2.75, 3.05) is 33.3 Å². The molecule has 1 aliphatic rings. The molecule has 3 aromatic rings. The Morgan fingerprint density at radius 3 is 2.10 bits per heavy atom. The minimum Gasteiger partial charge on any atom is -0.497 e. The third-order valence-electron chi connectivity index (χ3n) is 5.85. The second kappa shape index (κ2) is 8.68. The highest BCUT2D eigenvalue weighted by Gasteiger charge is 2.27. The molecule has 2 heterocycles. The van der Waals surface area contributed by atoms with Gasteiger partial charge in [0.1, 0.15) is 5.75 Å². The molecule has 0 N–H and O–H groups in total. The highest BCUT2D eigenvalue weighted by Crippen LogP contribution is 2.23. The molecule has 2 aromatic carbocycles. The Morgan fingerprint density at radius 2 is 1.45 bits per heavy atom. The van der Waals surface area contributed by atoms with Crippen LogP contribution in [0.3, 0.4) is 0 Å². The molecule has 0 spiro atoms. The standard InChI is InChI=1S/C25H27N3O3/c1-18-16-23(19(2)28(18)21-9-5-4-6-10-21)25(30)27-14-12-26(13-15-27)24(29)20-8-7-11-22(17-20)31-3/h4-11,16-17H,12-15H2,1-3H3. The number of amides is 2.